The van der Waals surface area contributed by atoms with E-state index in [-0.39, 0.29) is 24.3 Å². The van der Waals surface area contributed by atoms with Gasteiger partial charge >= 0.3 is 6.03 Å². The number of aromatic nitrogens is 1. The molecule has 3 atom stereocenters. The van der Waals surface area contributed by atoms with Crippen molar-refractivity contribution in [1.82, 2.24) is 20.3 Å². The molecule has 0 aliphatic carbocycles. The average molecular weight is 324 g/mol. The Kier molecular flexibility index (Phi) is 6.01. The van der Waals surface area contributed by atoms with E-state index in [9.17, 15) is 4.79 Å². The molecule has 1 N–H and O–H groups in total. The third kappa shape index (κ3) is 5.21. The number of carbonyl (C=O) groups excluding carboxylic acids is 1. The molecule has 1 aliphatic rings. The minimum Gasteiger partial charge on any atom is -0.373 e. The summed E-state index contributed by atoms with van der Waals surface area (Å²) in [6.07, 6.45) is 0.463. The lowest BCUT2D eigenvalue weighted by Crippen LogP contribution is -2.53. The largest absolute Gasteiger partial charge is 0.373 e. The van der Waals surface area contributed by atoms with Crippen molar-refractivity contribution < 1.29 is 14.1 Å². The summed E-state index contributed by atoms with van der Waals surface area (Å²) in [4.78, 5) is 16.2. The molecular formula is C16H28N4O3. The lowest BCUT2D eigenvalue weighted by molar-refractivity contribution is -0.0778. The van der Waals surface area contributed by atoms with E-state index in [1.165, 1.54) is 0 Å². The SMILES string of the molecule is Cc1cc(CN(C)C(=O)NC[C@H](C)N2C[C@@H](C)O[C@@H](C)C2)no1. The first-order chi connectivity index (χ1) is 10.8. The highest BCUT2D eigenvalue weighted by molar-refractivity contribution is 5.73. The number of carbonyl (C=O) groups is 1. The predicted molar refractivity (Wildman–Crippen MR) is 87.1 cm³/mol. The van der Waals surface area contributed by atoms with Gasteiger partial charge in [0.15, 0.2) is 0 Å². The second-order valence-corrected chi connectivity index (χ2v) is 6.53. The number of nitrogens with zero attached hydrogens (tertiary/aromatic N) is 3. The van der Waals surface area contributed by atoms with Crippen molar-refractivity contribution in [3.8, 4) is 0 Å². The quantitative estimate of drug-likeness (QED) is 0.891. The molecule has 1 aliphatic heterocycles. The van der Waals surface area contributed by atoms with Gasteiger partial charge in [-0.1, -0.05) is 5.16 Å². The van der Waals surface area contributed by atoms with Gasteiger partial charge in [0.2, 0.25) is 0 Å². The molecule has 1 aromatic heterocycles. The van der Waals surface area contributed by atoms with E-state index in [1.54, 1.807) is 11.9 Å². The average Bonchev–Trinajstić information content (AvgIpc) is 2.88. The van der Waals surface area contributed by atoms with E-state index < -0.39 is 0 Å². The van der Waals surface area contributed by atoms with Gasteiger partial charge in [-0.2, -0.15) is 0 Å². The van der Waals surface area contributed by atoms with Gasteiger partial charge in [-0.15, -0.1) is 0 Å². The van der Waals surface area contributed by atoms with Crippen molar-refractivity contribution in [2.75, 3.05) is 26.7 Å². The normalized spacial score (nSPS) is 23.5. The number of nitrogens with one attached hydrogen (secondary N) is 1. The van der Waals surface area contributed by atoms with E-state index in [0.717, 1.165) is 24.5 Å². The van der Waals surface area contributed by atoms with Gasteiger partial charge in [-0.3, -0.25) is 4.90 Å². The van der Waals surface area contributed by atoms with Gasteiger partial charge in [0.1, 0.15) is 11.5 Å². The van der Waals surface area contributed by atoms with Crippen LogP contribution in [0.5, 0.6) is 0 Å². The van der Waals surface area contributed by atoms with E-state index in [1.807, 2.05) is 13.0 Å². The van der Waals surface area contributed by atoms with Gasteiger partial charge in [0.25, 0.3) is 0 Å². The maximum Gasteiger partial charge on any atom is 0.317 e. The molecule has 1 fully saturated rings. The van der Waals surface area contributed by atoms with Crippen molar-refractivity contribution in [3.05, 3.63) is 17.5 Å². The minimum absolute atomic E-state index is 0.105. The highest BCUT2D eigenvalue weighted by atomic mass is 16.5. The zero-order chi connectivity index (χ0) is 17.0. The van der Waals surface area contributed by atoms with Crippen molar-refractivity contribution in [1.29, 1.82) is 0 Å². The van der Waals surface area contributed by atoms with Crippen LogP contribution in [0.2, 0.25) is 0 Å². The van der Waals surface area contributed by atoms with Crippen LogP contribution in [0.4, 0.5) is 4.79 Å². The number of amides is 2. The highest BCUT2D eigenvalue weighted by Crippen LogP contribution is 2.13. The summed E-state index contributed by atoms with van der Waals surface area (Å²) in [5.74, 6) is 0.748. The molecule has 0 spiro atoms. The van der Waals surface area contributed by atoms with Crippen molar-refractivity contribution in [2.24, 2.45) is 0 Å². The first kappa shape index (κ1) is 17.7. The standard InChI is InChI=1S/C16H28N4O3/c1-11(20-8-13(3)22-14(4)9-20)7-17-16(21)19(5)10-15-6-12(2)23-18-15/h6,11,13-14H,7-10H2,1-5H3,(H,17,21)/t11-,13-,14+/m0/s1. The summed E-state index contributed by atoms with van der Waals surface area (Å²) in [6.45, 7) is 11.0. The van der Waals surface area contributed by atoms with Crippen LogP contribution in [-0.2, 0) is 11.3 Å². The molecule has 2 rings (SSSR count). The third-order valence-electron chi connectivity index (χ3n) is 4.04. The number of hydrogen-bond donors (Lipinski definition) is 1. The molecule has 1 saturated heterocycles. The second kappa shape index (κ2) is 7.79. The molecule has 0 radical (unpaired) electrons. The Morgan fingerprint density at radius 3 is 2.70 bits per heavy atom. The van der Waals surface area contributed by atoms with Crippen LogP contribution in [0.3, 0.4) is 0 Å². The Bertz CT molecular complexity index is 509. The molecule has 130 valence electrons. The predicted octanol–water partition coefficient (Wildman–Crippen LogP) is 1.62. The highest BCUT2D eigenvalue weighted by Gasteiger charge is 2.26. The van der Waals surface area contributed by atoms with Gasteiger partial charge in [0.05, 0.1) is 18.8 Å². The van der Waals surface area contributed by atoms with Crippen LogP contribution >= 0.6 is 0 Å². The first-order valence-corrected chi connectivity index (χ1v) is 8.15. The smallest absolute Gasteiger partial charge is 0.317 e. The molecule has 0 aromatic carbocycles. The number of hydrogen-bond acceptors (Lipinski definition) is 5. The van der Waals surface area contributed by atoms with E-state index in [0.29, 0.717) is 13.1 Å². The van der Waals surface area contributed by atoms with Gasteiger partial charge in [0, 0.05) is 38.8 Å². The summed E-state index contributed by atoms with van der Waals surface area (Å²) in [7, 11) is 1.75. The van der Waals surface area contributed by atoms with E-state index in [4.69, 9.17) is 9.26 Å². The maximum absolute atomic E-state index is 12.2. The molecule has 0 bridgehead atoms. The minimum atomic E-state index is -0.105. The van der Waals surface area contributed by atoms with E-state index in [2.05, 4.69) is 36.1 Å². The summed E-state index contributed by atoms with van der Waals surface area (Å²) in [5, 5.41) is 6.89. The van der Waals surface area contributed by atoms with Gasteiger partial charge < -0.3 is 19.5 Å². The fourth-order valence-corrected chi connectivity index (χ4v) is 2.88. The van der Waals surface area contributed by atoms with Gasteiger partial charge in [-0.25, -0.2) is 4.79 Å². The van der Waals surface area contributed by atoms with Crippen LogP contribution in [0.15, 0.2) is 10.6 Å². The van der Waals surface area contributed by atoms with Gasteiger partial charge in [-0.05, 0) is 27.7 Å². The number of rotatable bonds is 5. The molecule has 0 saturated carbocycles. The molecular weight excluding hydrogens is 296 g/mol. The molecule has 7 heteroatoms. The zero-order valence-electron chi connectivity index (χ0n) is 14.7. The maximum atomic E-state index is 12.2. The summed E-state index contributed by atoms with van der Waals surface area (Å²) in [6, 6.07) is 2.01. The van der Waals surface area contributed by atoms with Crippen LogP contribution in [0.25, 0.3) is 0 Å². The Morgan fingerprint density at radius 2 is 2.13 bits per heavy atom. The van der Waals surface area contributed by atoms with Crippen molar-refractivity contribution in [2.45, 2.75) is 52.5 Å². The lowest BCUT2D eigenvalue weighted by Gasteiger charge is -2.39. The Labute approximate surface area is 137 Å². The Balaban J connectivity index is 1.76. The zero-order valence-corrected chi connectivity index (χ0v) is 14.7. The number of urea groups is 1. The van der Waals surface area contributed by atoms with Crippen molar-refractivity contribution >= 4 is 6.03 Å². The monoisotopic (exact) mass is 324 g/mol. The second-order valence-electron chi connectivity index (χ2n) is 6.53. The van der Waals surface area contributed by atoms with Crippen LogP contribution < -0.4 is 5.32 Å². The lowest BCUT2D eigenvalue weighted by atomic mass is 10.2. The third-order valence-corrected chi connectivity index (χ3v) is 4.04. The van der Waals surface area contributed by atoms with Crippen LogP contribution in [-0.4, -0.2) is 65.9 Å². The summed E-state index contributed by atoms with van der Waals surface area (Å²) >= 11 is 0. The number of morpholine rings is 1. The van der Waals surface area contributed by atoms with Crippen molar-refractivity contribution in [3.63, 3.8) is 0 Å². The molecule has 2 amide bonds. The molecule has 7 nitrogen and oxygen atoms in total. The van der Waals surface area contributed by atoms with Crippen LogP contribution in [0, 0.1) is 6.92 Å². The van der Waals surface area contributed by atoms with E-state index >= 15 is 0 Å². The van der Waals surface area contributed by atoms with Crippen LogP contribution in [0.1, 0.15) is 32.2 Å². The Morgan fingerprint density at radius 1 is 1.48 bits per heavy atom. The number of aryl methyl sites for hydroxylation is 1. The molecule has 2 heterocycles. The first-order valence-electron chi connectivity index (χ1n) is 8.15. The summed E-state index contributed by atoms with van der Waals surface area (Å²) in [5.41, 5.74) is 0.754. The topological polar surface area (TPSA) is 70.8 Å². The fourth-order valence-electron chi connectivity index (χ4n) is 2.88. The fraction of sp³-hybridized carbons (Fsp3) is 0.750. The molecule has 0 unspecified atom stereocenters. The number of ether oxygens (including phenoxy) is 1. The molecule has 1 aromatic rings. The Hall–Kier alpha value is -1.60. The molecule has 23 heavy (non-hydrogen) atoms. The summed E-state index contributed by atoms with van der Waals surface area (Å²) < 4.78 is 10.8.